The number of hydrogen-bond donors (Lipinski definition) is 0. The Morgan fingerprint density at radius 1 is 1.07 bits per heavy atom. The Morgan fingerprint density at radius 3 is 2.40 bits per heavy atom. The SMILES string of the molecule is CN1C(=S)N(C2CCCCC2)C(=O)C1=Cc1ccc(OCc2ccc(Br)cc2)cc1. The second-order valence-corrected chi connectivity index (χ2v) is 9.10. The fourth-order valence-corrected chi connectivity index (χ4v) is 4.60. The molecule has 6 heteroatoms. The van der Waals surface area contributed by atoms with Gasteiger partial charge in [-0.05, 0) is 66.5 Å². The Kier molecular flexibility index (Phi) is 6.54. The molecule has 1 aliphatic heterocycles. The number of thiocarbonyl (C=S) groups is 1. The summed E-state index contributed by atoms with van der Waals surface area (Å²) in [7, 11) is 1.88. The van der Waals surface area contributed by atoms with Gasteiger partial charge < -0.3 is 9.64 Å². The molecule has 0 spiro atoms. The molecule has 4 rings (SSSR count). The summed E-state index contributed by atoms with van der Waals surface area (Å²) >= 11 is 9.03. The number of nitrogens with zero attached hydrogens (tertiary/aromatic N) is 2. The summed E-state index contributed by atoms with van der Waals surface area (Å²) < 4.78 is 6.92. The largest absolute Gasteiger partial charge is 0.489 e. The van der Waals surface area contributed by atoms with E-state index in [0.29, 0.717) is 17.4 Å². The van der Waals surface area contributed by atoms with E-state index in [1.165, 1.54) is 19.3 Å². The minimum atomic E-state index is 0.0185. The number of carbonyl (C=O) groups is 1. The molecule has 0 radical (unpaired) electrons. The monoisotopic (exact) mass is 484 g/mol. The van der Waals surface area contributed by atoms with Crippen LogP contribution in [0.15, 0.2) is 58.7 Å². The van der Waals surface area contributed by atoms with Crippen LogP contribution in [-0.4, -0.2) is 33.9 Å². The van der Waals surface area contributed by atoms with Crippen LogP contribution >= 0.6 is 28.1 Å². The Hall–Kier alpha value is -2.18. The molecule has 30 heavy (non-hydrogen) atoms. The van der Waals surface area contributed by atoms with E-state index in [-0.39, 0.29) is 11.9 Å². The Balaban J connectivity index is 1.44. The van der Waals surface area contributed by atoms with Gasteiger partial charge in [-0.25, -0.2) is 0 Å². The molecule has 2 aliphatic rings. The van der Waals surface area contributed by atoms with E-state index >= 15 is 0 Å². The number of rotatable bonds is 5. The Labute approximate surface area is 191 Å². The molecule has 156 valence electrons. The zero-order valence-electron chi connectivity index (χ0n) is 17.0. The summed E-state index contributed by atoms with van der Waals surface area (Å²) in [5, 5.41) is 0.618. The van der Waals surface area contributed by atoms with Gasteiger partial charge in [0.2, 0.25) is 0 Å². The summed E-state index contributed by atoms with van der Waals surface area (Å²) in [6.45, 7) is 0.513. The predicted octanol–water partition coefficient (Wildman–Crippen LogP) is 5.76. The third-order valence-corrected chi connectivity index (χ3v) is 6.73. The van der Waals surface area contributed by atoms with E-state index < -0.39 is 0 Å². The first-order valence-electron chi connectivity index (χ1n) is 10.3. The predicted molar refractivity (Wildman–Crippen MR) is 127 cm³/mol. The maximum atomic E-state index is 13.1. The van der Waals surface area contributed by atoms with Gasteiger partial charge in [0.15, 0.2) is 5.11 Å². The van der Waals surface area contributed by atoms with E-state index in [2.05, 4.69) is 15.9 Å². The minimum absolute atomic E-state index is 0.0185. The van der Waals surface area contributed by atoms with Crippen molar-refractivity contribution in [1.82, 2.24) is 9.80 Å². The van der Waals surface area contributed by atoms with Gasteiger partial charge >= 0.3 is 0 Å². The molecule has 1 saturated heterocycles. The van der Waals surface area contributed by atoms with Crippen LogP contribution in [0.1, 0.15) is 43.2 Å². The van der Waals surface area contributed by atoms with E-state index in [4.69, 9.17) is 17.0 Å². The number of carbonyl (C=O) groups excluding carboxylic acids is 1. The second kappa shape index (κ2) is 9.31. The third kappa shape index (κ3) is 4.60. The first kappa shape index (κ1) is 21.1. The fraction of sp³-hybridized carbons (Fsp3) is 0.333. The second-order valence-electron chi connectivity index (χ2n) is 7.82. The lowest BCUT2D eigenvalue weighted by atomic mass is 9.94. The molecule has 0 atom stereocenters. The lowest BCUT2D eigenvalue weighted by molar-refractivity contribution is -0.124. The number of hydrogen-bond acceptors (Lipinski definition) is 3. The van der Waals surface area contributed by atoms with Crippen molar-refractivity contribution in [3.05, 3.63) is 69.8 Å². The molecule has 1 heterocycles. The fourth-order valence-electron chi connectivity index (χ4n) is 4.00. The molecular formula is C24H25BrN2O2S. The molecule has 0 bridgehead atoms. The third-order valence-electron chi connectivity index (χ3n) is 5.73. The zero-order valence-corrected chi connectivity index (χ0v) is 19.4. The van der Waals surface area contributed by atoms with Crippen LogP contribution in [0.3, 0.4) is 0 Å². The van der Waals surface area contributed by atoms with Gasteiger partial charge in [0.05, 0.1) is 0 Å². The van der Waals surface area contributed by atoms with Gasteiger partial charge in [-0.2, -0.15) is 0 Å². The Bertz CT molecular complexity index is 950. The molecule has 1 aliphatic carbocycles. The molecular weight excluding hydrogens is 460 g/mol. The van der Waals surface area contributed by atoms with E-state index in [9.17, 15) is 4.79 Å². The molecule has 1 amide bonds. The normalized spacial score (nSPS) is 19.1. The van der Waals surface area contributed by atoms with Crippen LogP contribution in [-0.2, 0) is 11.4 Å². The number of halogens is 1. The number of benzene rings is 2. The van der Waals surface area contributed by atoms with Crippen LogP contribution in [0.25, 0.3) is 6.08 Å². The molecule has 2 aromatic carbocycles. The molecule has 4 nitrogen and oxygen atoms in total. The van der Waals surface area contributed by atoms with E-state index in [1.807, 2.05) is 71.5 Å². The molecule has 0 unspecified atom stereocenters. The van der Waals surface area contributed by atoms with Crippen molar-refractivity contribution in [3.63, 3.8) is 0 Å². The smallest absolute Gasteiger partial charge is 0.277 e. The summed E-state index contributed by atoms with van der Waals surface area (Å²) in [4.78, 5) is 16.7. The van der Waals surface area contributed by atoms with Crippen molar-refractivity contribution in [3.8, 4) is 5.75 Å². The highest BCUT2D eigenvalue weighted by atomic mass is 79.9. The quantitative estimate of drug-likeness (QED) is 0.398. The summed E-state index contributed by atoms with van der Waals surface area (Å²) in [6.07, 6.45) is 7.58. The number of ether oxygens (including phenoxy) is 1. The van der Waals surface area contributed by atoms with Gasteiger partial charge in [0.1, 0.15) is 18.1 Å². The first-order valence-corrected chi connectivity index (χ1v) is 11.5. The van der Waals surface area contributed by atoms with Gasteiger partial charge in [-0.3, -0.25) is 9.69 Å². The van der Waals surface area contributed by atoms with Crippen LogP contribution in [0, 0.1) is 0 Å². The van der Waals surface area contributed by atoms with Crippen LogP contribution in [0.4, 0.5) is 0 Å². The van der Waals surface area contributed by atoms with Crippen molar-refractivity contribution < 1.29 is 9.53 Å². The summed E-state index contributed by atoms with van der Waals surface area (Å²) in [5.74, 6) is 0.815. The maximum Gasteiger partial charge on any atom is 0.277 e. The molecule has 2 fully saturated rings. The lowest BCUT2D eigenvalue weighted by Crippen LogP contribution is -2.41. The molecule has 0 aromatic heterocycles. The highest BCUT2D eigenvalue weighted by Crippen LogP contribution is 2.30. The van der Waals surface area contributed by atoms with Crippen molar-refractivity contribution in [2.45, 2.75) is 44.8 Å². The van der Waals surface area contributed by atoms with Crippen molar-refractivity contribution in [2.24, 2.45) is 0 Å². The van der Waals surface area contributed by atoms with Crippen LogP contribution < -0.4 is 4.74 Å². The van der Waals surface area contributed by atoms with Gasteiger partial charge in [0, 0.05) is 17.6 Å². The molecule has 2 aromatic rings. The van der Waals surface area contributed by atoms with Gasteiger partial charge in [-0.1, -0.05) is 59.5 Å². The van der Waals surface area contributed by atoms with Gasteiger partial charge in [0.25, 0.3) is 5.91 Å². The van der Waals surface area contributed by atoms with Crippen LogP contribution in [0.5, 0.6) is 5.75 Å². The van der Waals surface area contributed by atoms with Crippen molar-refractivity contribution >= 4 is 45.2 Å². The lowest BCUT2D eigenvalue weighted by Gasteiger charge is -2.30. The first-order chi connectivity index (χ1) is 14.5. The average molecular weight is 485 g/mol. The topological polar surface area (TPSA) is 32.8 Å². The van der Waals surface area contributed by atoms with Crippen LogP contribution in [0.2, 0.25) is 0 Å². The summed E-state index contributed by atoms with van der Waals surface area (Å²) in [6, 6.07) is 16.1. The zero-order chi connectivity index (χ0) is 21.1. The maximum absolute atomic E-state index is 13.1. The minimum Gasteiger partial charge on any atom is -0.489 e. The Morgan fingerprint density at radius 2 is 1.73 bits per heavy atom. The standard InChI is InChI=1S/C24H25BrN2O2S/c1-26-22(23(28)27(24(26)30)20-5-3-2-4-6-20)15-17-9-13-21(14-10-17)29-16-18-7-11-19(25)12-8-18/h7-15,20H,2-6,16H2,1H3. The number of likely N-dealkylation sites (N-methyl/N-ethyl adjacent to an activating group) is 1. The van der Waals surface area contributed by atoms with E-state index in [1.54, 1.807) is 0 Å². The highest BCUT2D eigenvalue weighted by molar-refractivity contribution is 9.10. The molecule has 0 N–H and O–H groups in total. The van der Waals surface area contributed by atoms with E-state index in [0.717, 1.165) is 34.2 Å². The molecule has 1 saturated carbocycles. The van der Waals surface area contributed by atoms with Gasteiger partial charge in [-0.15, -0.1) is 0 Å². The summed E-state index contributed by atoms with van der Waals surface area (Å²) in [5.41, 5.74) is 2.70. The number of amides is 1. The van der Waals surface area contributed by atoms with Crippen molar-refractivity contribution in [1.29, 1.82) is 0 Å². The highest BCUT2D eigenvalue weighted by Gasteiger charge is 2.40. The van der Waals surface area contributed by atoms with Crippen molar-refractivity contribution in [2.75, 3.05) is 7.05 Å². The average Bonchev–Trinajstić information content (AvgIpc) is 2.98.